The molecule has 0 saturated carbocycles. The Hall–Kier alpha value is -2.48. The second-order valence-electron chi connectivity index (χ2n) is 7.09. The zero-order valence-electron chi connectivity index (χ0n) is 15.8. The molecule has 1 amide bonds. The number of hydrogen-bond acceptors (Lipinski definition) is 6. The van der Waals surface area contributed by atoms with E-state index in [4.69, 9.17) is 4.74 Å². The van der Waals surface area contributed by atoms with Crippen LogP contribution in [0.1, 0.15) is 25.2 Å². The molecule has 1 aliphatic heterocycles. The van der Waals surface area contributed by atoms with E-state index in [1.54, 1.807) is 16.6 Å². The van der Waals surface area contributed by atoms with Crippen LogP contribution < -0.4 is 4.74 Å². The standard InChI is InChI=1S/C18H26N6O2/c1-13(2)22(3)11-17-19-20-21-24(17)12-18(25)23(4)10-15-9-14-7-5-6-8-16(14)26-15/h5-8,13,15H,9-12H2,1-4H3/t15-/m0/s1. The van der Waals surface area contributed by atoms with E-state index >= 15 is 0 Å². The average molecular weight is 358 g/mol. The zero-order chi connectivity index (χ0) is 18.7. The lowest BCUT2D eigenvalue weighted by Crippen LogP contribution is -2.38. The fourth-order valence-electron chi connectivity index (χ4n) is 2.88. The summed E-state index contributed by atoms with van der Waals surface area (Å²) in [4.78, 5) is 16.4. The van der Waals surface area contributed by atoms with Crippen LogP contribution in [-0.4, -0.2) is 68.7 Å². The molecule has 2 aromatic rings. The molecule has 140 valence electrons. The van der Waals surface area contributed by atoms with Gasteiger partial charge in [-0.2, -0.15) is 0 Å². The first-order valence-electron chi connectivity index (χ1n) is 8.88. The van der Waals surface area contributed by atoms with Crippen molar-refractivity contribution in [3.05, 3.63) is 35.7 Å². The SMILES string of the molecule is CC(C)N(C)Cc1nnnn1CC(=O)N(C)C[C@@H]1Cc2ccccc2O1. The molecule has 0 unspecified atom stereocenters. The molecule has 1 aromatic heterocycles. The van der Waals surface area contributed by atoms with Crippen LogP contribution in [0.2, 0.25) is 0 Å². The molecule has 1 aromatic carbocycles. The highest BCUT2D eigenvalue weighted by atomic mass is 16.5. The lowest BCUT2D eigenvalue weighted by atomic mass is 10.1. The van der Waals surface area contributed by atoms with Crippen molar-refractivity contribution in [3.63, 3.8) is 0 Å². The van der Waals surface area contributed by atoms with E-state index in [-0.39, 0.29) is 18.6 Å². The number of likely N-dealkylation sites (N-methyl/N-ethyl adjacent to an activating group) is 1. The molecular formula is C18H26N6O2. The van der Waals surface area contributed by atoms with Crippen molar-refractivity contribution < 1.29 is 9.53 Å². The molecule has 2 heterocycles. The van der Waals surface area contributed by atoms with Gasteiger partial charge in [0.2, 0.25) is 5.91 Å². The van der Waals surface area contributed by atoms with Gasteiger partial charge < -0.3 is 9.64 Å². The highest BCUT2D eigenvalue weighted by molar-refractivity contribution is 5.75. The van der Waals surface area contributed by atoms with Crippen molar-refractivity contribution in [2.24, 2.45) is 0 Å². The van der Waals surface area contributed by atoms with Crippen molar-refractivity contribution in [2.45, 2.75) is 45.5 Å². The molecule has 0 saturated heterocycles. The molecule has 1 aliphatic rings. The summed E-state index contributed by atoms with van der Waals surface area (Å²) in [5, 5.41) is 11.7. The minimum absolute atomic E-state index is 0.0123. The summed E-state index contributed by atoms with van der Waals surface area (Å²) in [7, 11) is 3.80. The number of benzene rings is 1. The molecule has 1 atom stereocenters. The molecule has 0 fully saturated rings. The van der Waals surface area contributed by atoms with Crippen molar-refractivity contribution in [2.75, 3.05) is 20.6 Å². The number of ether oxygens (including phenoxy) is 1. The first-order valence-corrected chi connectivity index (χ1v) is 8.88. The topological polar surface area (TPSA) is 76.4 Å². The average Bonchev–Trinajstić information content (AvgIpc) is 3.20. The lowest BCUT2D eigenvalue weighted by molar-refractivity contribution is -0.131. The minimum Gasteiger partial charge on any atom is -0.488 e. The van der Waals surface area contributed by atoms with Gasteiger partial charge in [0, 0.05) is 19.5 Å². The molecule has 3 rings (SSSR count). The summed E-state index contributed by atoms with van der Waals surface area (Å²) in [6, 6.07) is 8.38. The summed E-state index contributed by atoms with van der Waals surface area (Å²) >= 11 is 0. The van der Waals surface area contributed by atoms with Gasteiger partial charge in [-0.05, 0) is 43.0 Å². The zero-order valence-corrected chi connectivity index (χ0v) is 15.8. The Morgan fingerprint density at radius 2 is 2.12 bits per heavy atom. The quantitative estimate of drug-likeness (QED) is 0.734. The number of amides is 1. The Labute approximate surface area is 153 Å². The fraction of sp³-hybridized carbons (Fsp3) is 0.556. The summed E-state index contributed by atoms with van der Waals surface area (Å²) in [5.74, 6) is 1.57. The van der Waals surface area contributed by atoms with E-state index in [2.05, 4.69) is 40.3 Å². The van der Waals surface area contributed by atoms with Gasteiger partial charge in [-0.15, -0.1) is 5.10 Å². The maximum absolute atomic E-state index is 12.6. The van der Waals surface area contributed by atoms with Crippen molar-refractivity contribution in [3.8, 4) is 5.75 Å². The molecular weight excluding hydrogens is 332 g/mol. The number of fused-ring (bicyclic) bond motifs is 1. The number of carbonyl (C=O) groups excluding carboxylic acids is 1. The van der Waals surface area contributed by atoms with Crippen LogP contribution in [0.15, 0.2) is 24.3 Å². The number of tetrazole rings is 1. The third-order valence-electron chi connectivity index (χ3n) is 4.78. The molecule has 26 heavy (non-hydrogen) atoms. The Morgan fingerprint density at radius 3 is 2.85 bits per heavy atom. The predicted octanol–water partition coefficient (Wildman–Crippen LogP) is 0.975. The minimum atomic E-state index is -0.0368. The highest BCUT2D eigenvalue weighted by Gasteiger charge is 2.25. The van der Waals surface area contributed by atoms with E-state index in [9.17, 15) is 4.79 Å². The Kier molecular flexibility index (Phi) is 5.51. The van der Waals surface area contributed by atoms with Crippen LogP contribution >= 0.6 is 0 Å². The van der Waals surface area contributed by atoms with Crippen molar-refractivity contribution in [1.82, 2.24) is 30.0 Å². The monoisotopic (exact) mass is 358 g/mol. The number of nitrogens with zero attached hydrogens (tertiary/aromatic N) is 6. The van der Waals surface area contributed by atoms with E-state index in [0.717, 1.165) is 12.2 Å². The van der Waals surface area contributed by atoms with E-state index < -0.39 is 0 Å². The molecule has 0 N–H and O–H groups in total. The molecule has 0 aliphatic carbocycles. The second kappa shape index (κ2) is 7.82. The number of aromatic nitrogens is 4. The Bertz CT molecular complexity index is 735. The van der Waals surface area contributed by atoms with E-state index in [1.807, 2.05) is 25.2 Å². The summed E-state index contributed by atoms with van der Waals surface area (Å²) in [6.07, 6.45) is 0.810. The maximum atomic E-state index is 12.6. The van der Waals surface area contributed by atoms with Gasteiger partial charge in [-0.25, -0.2) is 4.68 Å². The Balaban J connectivity index is 1.55. The second-order valence-corrected chi connectivity index (χ2v) is 7.09. The molecule has 8 nitrogen and oxygen atoms in total. The lowest BCUT2D eigenvalue weighted by Gasteiger charge is -2.22. The normalized spacial score (nSPS) is 16.0. The number of rotatable bonds is 7. The van der Waals surface area contributed by atoms with Gasteiger partial charge in [0.1, 0.15) is 18.4 Å². The highest BCUT2D eigenvalue weighted by Crippen LogP contribution is 2.28. The number of carbonyl (C=O) groups is 1. The summed E-state index contributed by atoms with van der Waals surface area (Å²) in [6.45, 7) is 5.48. The van der Waals surface area contributed by atoms with Crippen LogP contribution in [0, 0.1) is 0 Å². The van der Waals surface area contributed by atoms with Gasteiger partial charge >= 0.3 is 0 Å². The molecule has 0 spiro atoms. The van der Waals surface area contributed by atoms with Gasteiger partial charge in [0.15, 0.2) is 5.82 Å². The maximum Gasteiger partial charge on any atom is 0.244 e. The van der Waals surface area contributed by atoms with Gasteiger partial charge in [0.25, 0.3) is 0 Å². The predicted molar refractivity (Wildman–Crippen MR) is 96.6 cm³/mol. The summed E-state index contributed by atoms with van der Waals surface area (Å²) in [5.41, 5.74) is 1.19. The van der Waals surface area contributed by atoms with Gasteiger partial charge in [-0.3, -0.25) is 9.69 Å². The molecule has 0 radical (unpaired) electrons. The first kappa shape index (κ1) is 18.3. The van der Waals surface area contributed by atoms with Crippen LogP contribution in [0.25, 0.3) is 0 Å². The first-order chi connectivity index (χ1) is 12.4. The summed E-state index contributed by atoms with van der Waals surface area (Å²) < 4.78 is 7.49. The number of para-hydroxylation sites is 1. The van der Waals surface area contributed by atoms with E-state index in [0.29, 0.717) is 25.0 Å². The third kappa shape index (κ3) is 4.19. The van der Waals surface area contributed by atoms with Crippen molar-refractivity contribution >= 4 is 5.91 Å². The van der Waals surface area contributed by atoms with Gasteiger partial charge in [-0.1, -0.05) is 18.2 Å². The van der Waals surface area contributed by atoms with Gasteiger partial charge in [0.05, 0.1) is 13.1 Å². The molecule has 0 bridgehead atoms. The third-order valence-corrected chi connectivity index (χ3v) is 4.78. The number of hydrogen-bond donors (Lipinski definition) is 0. The fourth-order valence-corrected chi connectivity index (χ4v) is 2.88. The smallest absolute Gasteiger partial charge is 0.244 e. The van der Waals surface area contributed by atoms with Crippen molar-refractivity contribution in [1.29, 1.82) is 0 Å². The van der Waals surface area contributed by atoms with Crippen LogP contribution in [0.3, 0.4) is 0 Å². The van der Waals surface area contributed by atoms with Crippen LogP contribution in [0.4, 0.5) is 0 Å². The van der Waals surface area contributed by atoms with Crippen LogP contribution in [0.5, 0.6) is 5.75 Å². The Morgan fingerprint density at radius 1 is 1.35 bits per heavy atom. The van der Waals surface area contributed by atoms with E-state index in [1.165, 1.54) is 5.56 Å². The largest absolute Gasteiger partial charge is 0.488 e. The van der Waals surface area contributed by atoms with Crippen LogP contribution in [-0.2, 0) is 24.3 Å². The molecule has 8 heteroatoms.